The Bertz CT molecular complexity index is 709. The highest BCUT2D eigenvalue weighted by atomic mass is 16.5. The molecule has 25 heavy (non-hydrogen) atoms. The highest BCUT2D eigenvalue weighted by Gasteiger charge is 2.29. The zero-order valence-electron chi connectivity index (χ0n) is 16.3. The van der Waals surface area contributed by atoms with Crippen LogP contribution >= 0.6 is 0 Å². The van der Waals surface area contributed by atoms with E-state index in [1.54, 1.807) is 0 Å². The Morgan fingerprint density at radius 3 is 2.80 bits per heavy atom. The van der Waals surface area contributed by atoms with Gasteiger partial charge < -0.3 is 4.74 Å². The van der Waals surface area contributed by atoms with Crippen molar-refractivity contribution in [3.63, 3.8) is 0 Å². The van der Waals surface area contributed by atoms with Gasteiger partial charge in [0.1, 0.15) is 0 Å². The molecule has 5 heteroatoms. The molecule has 0 saturated carbocycles. The van der Waals surface area contributed by atoms with Crippen molar-refractivity contribution in [2.24, 2.45) is 5.92 Å². The van der Waals surface area contributed by atoms with Crippen molar-refractivity contribution in [2.75, 3.05) is 13.1 Å². The van der Waals surface area contributed by atoms with E-state index in [1.807, 2.05) is 17.6 Å². The van der Waals surface area contributed by atoms with Gasteiger partial charge in [-0.3, -0.25) is 4.90 Å². The number of morpholine rings is 1. The lowest BCUT2D eigenvalue weighted by molar-refractivity contribution is -0.108. The van der Waals surface area contributed by atoms with Crippen LogP contribution in [0.15, 0.2) is 12.3 Å². The molecule has 0 N–H and O–H groups in total. The van der Waals surface area contributed by atoms with Gasteiger partial charge in [0.2, 0.25) is 0 Å². The molecule has 3 rings (SSSR count). The number of aromatic nitrogens is 3. The second-order valence-electron chi connectivity index (χ2n) is 7.82. The molecule has 1 fully saturated rings. The van der Waals surface area contributed by atoms with Crippen molar-refractivity contribution in [1.29, 1.82) is 0 Å². The van der Waals surface area contributed by atoms with Crippen molar-refractivity contribution in [1.82, 2.24) is 19.5 Å². The third-order valence-corrected chi connectivity index (χ3v) is 5.14. The number of hydrogen-bond acceptors (Lipinski definition) is 4. The van der Waals surface area contributed by atoms with Crippen LogP contribution in [0.3, 0.4) is 0 Å². The van der Waals surface area contributed by atoms with Crippen LogP contribution in [-0.4, -0.2) is 44.8 Å². The van der Waals surface area contributed by atoms with E-state index in [0.29, 0.717) is 18.1 Å². The predicted molar refractivity (Wildman–Crippen MR) is 101 cm³/mol. The maximum atomic E-state index is 6.35. The Kier molecular flexibility index (Phi) is 5.74. The maximum absolute atomic E-state index is 6.35. The molecule has 0 amide bonds. The molecule has 1 aliphatic heterocycles. The first kappa shape index (κ1) is 18.3. The summed E-state index contributed by atoms with van der Waals surface area (Å²) in [6.07, 6.45) is 6.26. The average molecular weight is 345 g/mol. The first-order valence-electron chi connectivity index (χ1n) is 9.66. The Hall–Kier alpha value is -1.46. The molecule has 138 valence electrons. The van der Waals surface area contributed by atoms with Crippen molar-refractivity contribution in [3.8, 4) is 0 Å². The van der Waals surface area contributed by atoms with E-state index < -0.39 is 0 Å². The smallest absolute Gasteiger partial charge is 0.159 e. The highest BCUT2D eigenvalue weighted by Crippen LogP contribution is 2.23. The molecule has 0 bridgehead atoms. The van der Waals surface area contributed by atoms with E-state index in [0.717, 1.165) is 43.1 Å². The number of fused-ring (bicyclic) bond motifs is 1. The van der Waals surface area contributed by atoms with Crippen molar-refractivity contribution >= 4 is 5.65 Å². The minimum absolute atomic E-state index is 0.314. The fraction of sp³-hybridized carbons (Fsp3) is 0.700. The van der Waals surface area contributed by atoms with Gasteiger partial charge in [-0.25, -0.2) is 9.50 Å². The lowest BCUT2D eigenvalue weighted by Crippen LogP contribution is -2.49. The van der Waals surface area contributed by atoms with E-state index >= 15 is 0 Å². The van der Waals surface area contributed by atoms with E-state index in [-0.39, 0.29) is 0 Å². The molecular formula is C20H32N4O. The molecule has 0 unspecified atom stereocenters. The summed E-state index contributed by atoms with van der Waals surface area (Å²) in [5.41, 5.74) is 4.40. The highest BCUT2D eigenvalue weighted by molar-refractivity contribution is 5.47. The molecule has 2 atom stereocenters. The van der Waals surface area contributed by atoms with Crippen LogP contribution in [0.2, 0.25) is 0 Å². The lowest BCUT2D eigenvalue weighted by Gasteiger charge is -2.39. The average Bonchev–Trinajstić information content (AvgIpc) is 2.95. The zero-order chi connectivity index (χ0) is 18.0. The van der Waals surface area contributed by atoms with Crippen molar-refractivity contribution in [3.05, 3.63) is 29.2 Å². The molecule has 2 aromatic rings. The molecular weight excluding hydrogens is 312 g/mol. The van der Waals surface area contributed by atoms with E-state index in [2.05, 4.69) is 43.8 Å². The summed E-state index contributed by atoms with van der Waals surface area (Å²) >= 11 is 0. The minimum Gasteiger partial charge on any atom is -0.372 e. The van der Waals surface area contributed by atoms with Crippen LogP contribution in [0.1, 0.15) is 57.0 Å². The first-order valence-corrected chi connectivity index (χ1v) is 9.66. The summed E-state index contributed by atoms with van der Waals surface area (Å²) in [5, 5.41) is 4.54. The van der Waals surface area contributed by atoms with Gasteiger partial charge in [-0.1, -0.05) is 33.6 Å². The summed E-state index contributed by atoms with van der Waals surface area (Å²) in [4.78, 5) is 7.26. The van der Waals surface area contributed by atoms with Crippen molar-refractivity contribution in [2.45, 2.75) is 72.6 Å². The van der Waals surface area contributed by atoms with Crippen molar-refractivity contribution < 1.29 is 4.74 Å². The Labute approximate surface area is 151 Å². The summed E-state index contributed by atoms with van der Waals surface area (Å²) in [5.74, 6) is 0.540. The summed E-state index contributed by atoms with van der Waals surface area (Å²) in [6, 6.07) is 2.08. The van der Waals surface area contributed by atoms with Gasteiger partial charge in [0, 0.05) is 36.6 Å². The fourth-order valence-electron chi connectivity index (χ4n) is 3.71. The Morgan fingerprint density at radius 1 is 1.28 bits per heavy atom. The normalized spacial score (nSPS) is 22.2. The second kappa shape index (κ2) is 7.83. The van der Waals surface area contributed by atoms with Crippen LogP contribution in [0, 0.1) is 19.8 Å². The minimum atomic E-state index is 0.314. The van der Waals surface area contributed by atoms with Crippen LogP contribution in [0.4, 0.5) is 0 Å². The number of aryl methyl sites for hydroxylation is 2. The molecule has 3 heterocycles. The van der Waals surface area contributed by atoms with Gasteiger partial charge in [0.05, 0.1) is 18.4 Å². The SMILES string of the molecule is CCCC[C@@H]1CN(Cc2cnn3c(C)cc(C)nc23)C[C@H](C(C)C)O1. The molecule has 0 radical (unpaired) electrons. The number of hydrogen-bond donors (Lipinski definition) is 0. The van der Waals surface area contributed by atoms with Crippen LogP contribution in [-0.2, 0) is 11.3 Å². The Morgan fingerprint density at radius 2 is 2.08 bits per heavy atom. The van der Waals surface area contributed by atoms with Gasteiger partial charge >= 0.3 is 0 Å². The van der Waals surface area contributed by atoms with E-state index in [1.165, 1.54) is 18.4 Å². The summed E-state index contributed by atoms with van der Waals surface area (Å²) in [6.45, 7) is 13.8. The molecule has 5 nitrogen and oxygen atoms in total. The molecule has 0 aliphatic carbocycles. The number of nitrogens with zero attached hydrogens (tertiary/aromatic N) is 4. The standard InChI is InChI=1S/C20H32N4O/c1-6-7-8-18-12-23(13-19(25-18)14(2)3)11-17-10-21-24-16(5)9-15(4)22-20(17)24/h9-10,14,18-19H,6-8,11-13H2,1-5H3/t18-,19-/m1/s1. The number of rotatable bonds is 6. The van der Waals surface area contributed by atoms with Gasteiger partial charge in [-0.15, -0.1) is 0 Å². The summed E-state index contributed by atoms with van der Waals surface area (Å²) < 4.78 is 8.30. The second-order valence-corrected chi connectivity index (χ2v) is 7.82. The van der Waals surface area contributed by atoms with E-state index in [9.17, 15) is 0 Å². The number of unbranched alkanes of at least 4 members (excludes halogenated alkanes) is 1. The maximum Gasteiger partial charge on any atom is 0.159 e. The first-order chi connectivity index (χ1) is 12.0. The van der Waals surface area contributed by atoms with Gasteiger partial charge in [-0.05, 0) is 32.3 Å². The largest absolute Gasteiger partial charge is 0.372 e. The molecule has 2 aromatic heterocycles. The Balaban J connectivity index is 1.78. The molecule has 0 aromatic carbocycles. The quantitative estimate of drug-likeness (QED) is 0.800. The molecule has 1 saturated heterocycles. The topological polar surface area (TPSA) is 42.7 Å². The third kappa shape index (κ3) is 4.21. The lowest BCUT2D eigenvalue weighted by atomic mass is 10.0. The monoisotopic (exact) mass is 344 g/mol. The zero-order valence-corrected chi connectivity index (χ0v) is 16.3. The summed E-state index contributed by atoms with van der Waals surface area (Å²) in [7, 11) is 0. The predicted octanol–water partition coefficient (Wildman–Crippen LogP) is 3.76. The van der Waals surface area contributed by atoms with Crippen LogP contribution in [0.5, 0.6) is 0 Å². The fourth-order valence-corrected chi connectivity index (χ4v) is 3.71. The number of ether oxygens (including phenoxy) is 1. The van der Waals surface area contributed by atoms with Gasteiger partial charge in [0.25, 0.3) is 0 Å². The molecule has 0 spiro atoms. The van der Waals surface area contributed by atoms with E-state index in [4.69, 9.17) is 9.72 Å². The van der Waals surface area contributed by atoms with Gasteiger partial charge in [-0.2, -0.15) is 5.10 Å². The van der Waals surface area contributed by atoms with Crippen LogP contribution in [0.25, 0.3) is 5.65 Å². The third-order valence-electron chi connectivity index (χ3n) is 5.14. The van der Waals surface area contributed by atoms with Gasteiger partial charge in [0.15, 0.2) is 5.65 Å². The molecule has 1 aliphatic rings. The van der Waals surface area contributed by atoms with Crippen LogP contribution < -0.4 is 0 Å².